The summed E-state index contributed by atoms with van der Waals surface area (Å²) in [4.78, 5) is 25.4. The summed E-state index contributed by atoms with van der Waals surface area (Å²) < 4.78 is 5.25. The van der Waals surface area contributed by atoms with Crippen LogP contribution in [0.15, 0.2) is 64.3 Å². The van der Waals surface area contributed by atoms with E-state index >= 15 is 0 Å². The summed E-state index contributed by atoms with van der Waals surface area (Å²) in [7, 11) is 0. The van der Waals surface area contributed by atoms with E-state index in [0.29, 0.717) is 42.6 Å². The van der Waals surface area contributed by atoms with Crippen LogP contribution >= 0.6 is 46.6 Å². The third-order valence-electron chi connectivity index (χ3n) is 4.85. The van der Waals surface area contributed by atoms with E-state index in [2.05, 4.69) is 16.7 Å². The van der Waals surface area contributed by atoms with E-state index < -0.39 is 11.9 Å². The second kappa shape index (κ2) is 11.7. The van der Waals surface area contributed by atoms with Crippen LogP contribution in [0.25, 0.3) is 0 Å². The van der Waals surface area contributed by atoms with Crippen LogP contribution in [-0.2, 0) is 14.3 Å². The molecule has 1 aliphatic heterocycles. The molecule has 1 atom stereocenters. The first-order valence-electron chi connectivity index (χ1n) is 10.2. The molecule has 1 aliphatic rings. The molecule has 2 aromatic carbocycles. The van der Waals surface area contributed by atoms with Crippen LogP contribution in [0.4, 0.5) is 5.69 Å². The van der Waals surface area contributed by atoms with Gasteiger partial charge in [-0.05, 0) is 43.7 Å². The minimum Gasteiger partial charge on any atom is -0.463 e. The van der Waals surface area contributed by atoms with Gasteiger partial charge in [0.2, 0.25) is 5.91 Å². The molecule has 1 heterocycles. The number of hydrogen-bond acceptors (Lipinski definition) is 6. The number of allylic oxidation sites excluding steroid dienone is 2. The molecule has 34 heavy (non-hydrogen) atoms. The van der Waals surface area contributed by atoms with E-state index in [1.54, 1.807) is 56.3 Å². The first-order chi connectivity index (χ1) is 16.2. The molecule has 0 saturated heterocycles. The second-order valence-corrected chi connectivity index (χ2v) is 9.45. The highest BCUT2D eigenvalue weighted by atomic mass is 35.5. The molecule has 2 aromatic rings. The number of nitrogens with one attached hydrogen (secondary N) is 2. The van der Waals surface area contributed by atoms with Crippen molar-refractivity contribution >= 4 is 64.1 Å². The SMILES string of the molecule is CCOC(=O)C1=C(C)NC(SCC(=O)Nc2cc(Cl)cc(Cl)c2)=C(C#N)[C@H]1c1ccccc1Cl. The van der Waals surface area contributed by atoms with Crippen LogP contribution < -0.4 is 10.6 Å². The van der Waals surface area contributed by atoms with E-state index in [1.807, 2.05) is 0 Å². The predicted molar refractivity (Wildman–Crippen MR) is 137 cm³/mol. The Labute approximate surface area is 216 Å². The number of ether oxygens (including phenoxy) is 1. The van der Waals surface area contributed by atoms with Crippen LogP contribution in [-0.4, -0.2) is 24.2 Å². The van der Waals surface area contributed by atoms with Crippen molar-refractivity contribution in [1.29, 1.82) is 5.26 Å². The Morgan fingerprint density at radius 2 is 1.85 bits per heavy atom. The Hall–Kier alpha value is -2.63. The highest BCUT2D eigenvalue weighted by Gasteiger charge is 2.36. The van der Waals surface area contributed by atoms with Crippen LogP contribution in [0.1, 0.15) is 25.3 Å². The Morgan fingerprint density at radius 1 is 1.18 bits per heavy atom. The Kier molecular flexibility index (Phi) is 8.92. The van der Waals surface area contributed by atoms with Gasteiger partial charge in [-0.3, -0.25) is 4.79 Å². The lowest BCUT2D eigenvalue weighted by Gasteiger charge is -2.29. The molecule has 0 saturated carbocycles. The van der Waals surface area contributed by atoms with Crippen molar-refractivity contribution in [2.45, 2.75) is 19.8 Å². The van der Waals surface area contributed by atoms with Gasteiger partial charge in [0.1, 0.15) is 0 Å². The highest BCUT2D eigenvalue weighted by molar-refractivity contribution is 8.03. The first-order valence-corrected chi connectivity index (χ1v) is 12.3. The summed E-state index contributed by atoms with van der Waals surface area (Å²) in [6.07, 6.45) is 0. The quantitative estimate of drug-likeness (QED) is 0.405. The molecule has 1 amide bonds. The monoisotopic (exact) mass is 535 g/mol. The van der Waals surface area contributed by atoms with Gasteiger partial charge >= 0.3 is 5.97 Å². The molecule has 10 heteroatoms. The number of rotatable bonds is 7. The maximum atomic E-state index is 12.8. The van der Waals surface area contributed by atoms with Gasteiger partial charge in [-0.25, -0.2) is 4.79 Å². The number of carbonyl (C=O) groups is 2. The molecule has 176 valence electrons. The molecule has 0 radical (unpaired) electrons. The molecule has 0 bridgehead atoms. The van der Waals surface area contributed by atoms with Gasteiger partial charge in [0.25, 0.3) is 0 Å². The number of halogens is 3. The molecule has 2 N–H and O–H groups in total. The zero-order valence-electron chi connectivity index (χ0n) is 18.2. The number of hydrogen-bond donors (Lipinski definition) is 2. The molecule has 3 rings (SSSR count). The van der Waals surface area contributed by atoms with Crippen molar-refractivity contribution in [1.82, 2.24) is 5.32 Å². The summed E-state index contributed by atoms with van der Waals surface area (Å²) in [5.74, 6) is -1.60. The number of nitrogens with zero attached hydrogens (tertiary/aromatic N) is 1. The Balaban J connectivity index is 1.91. The van der Waals surface area contributed by atoms with Crippen LogP contribution in [0.2, 0.25) is 15.1 Å². The maximum absolute atomic E-state index is 12.8. The van der Waals surface area contributed by atoms with Gasteiger partial charge in [0.15, 0.2) is 0 Å². The fourth-order valence-corrected chi connectivity index (χ4v) is 5.15. The fraction of sp³-hybridized carbons (Fsp3) is 0.208. The van der Waals surface area contributed by atoms with Crippen LogP contribution in [0.3, 0.4) is 0 Å². The van der Waals surface area contributed by atoms with Gasteiger partial charge in [-0.15, -0.1) is 0 Å². The summed E-state index contributed by atoms with van der Waals surface area (Å²) in [6.45, 7) is 3.62. The number of thioether (sulfide) groups is 1. The smallest absolute Gasteiger partial charge is 0.336 e. The van der Waals surface area contributed by atoms with Crippen molar-refractivity contribution in [3.8, 4) is 6.07 Å². The van der Waals surface area contributed by atoms with Crippen LogP contribution in [0, 0.1) is 11.3 Å². The average molecular weight is 537 g/mol. The van der Waals surface area contributed by atoms with Crippen molar-refractivity contribution in [2.75, 3.05) is 17.7 Å². The van der Waals surface area contributed by atoms with Gasteiger partial charge in [-0.2, -0.15) is 5.26 Å². The topological polar surface area (TPSA) is 91.2 Å². The van der Waals surface area contributed by atoms with Crippen molar-refractivity contribution in [2.24, 2.45) is 0 Å². The normalized spacial score (nSPS) is 15.5. The molecule has 0 aliphatic carbocycles. The number of esters is 1. The summed E-state index contributed by atoms with van der Waals surface area (Å²) in [5, 5.41) is 17.5. The number of carbonyl (C=O) groups excluding carboxylic acids is 2. The summed E-state index contributed by atoms with van der Waals surface area (Å²) in [6, 6.07) is 13.9. The molecular formula is C24H20Cl3N3O3S. The maximum Gasteiger partial charge on any atom is 0.336 e. The number of anilines is 1. The largest absolute Gasteiger partial charge is 0.463 e. The minimum absolute atomic E-state index is 0.00505. The van der Waals surface area contributed by atoms with Gasteiger partial charge < -0.3 is 15.4 Å². The lowest BCUT2D eigenvalue weighted by atomic mass is 9.82. The van der Waals surface area contributed by atoms with Gasteiger partial charge in [0, 0.05) is 26.5 Å². The van der Waals surface area contributed by atoms with Crippen LogP contribution in [0.5, 0.6) is 0 Å². The molecule has 0 spiro atoms. The highest BCUT2D eigenvalue weighted by Crippen LogP contribution is 2.43. The lowest BCUT2D eigenvalue weighted by molar-refractivity contribution is -0.138. The number of dihydropyridines is 1. The van der Waals surface area contributed by atoms with E-state index in [1.165, 1.54) is 0 Å². The minimum atomic E-state index is -0.740. The third kappa shape index (κ3) is 6.08. The standard InChI is InChI=1S/C24H20Cl3N3O3S/c1-3-33-24(32)21-13(2)29-23(18(11-28)22(21)17-6-4-5-7-19(17)27)34-12-20(31)30-16-9-14(25)8-15(26)10-16/h4-10,22,29H,3,12H2,1-2H3,(H,30,31)/t22-/m1/s1. The third-order valence-corrected chi connectivity index (χ3v) is 6.65. The van der Waals surface area contributed by atoms with Crippen molar-refractivity contribution < 1.29 is 14.3 Å². The zero-order chi connectivity index (χ0) is 24.8. The Morgan fingerprint density at radius 3 is 2.47 bits per heavy atom. The molecule has 0 unspecified atom stereocenters. The summed E-state index contributed by atoms with van der Waals surface area (Å²) in [5.41, 5.74) is 2.15. The number of benzene rings is 2. The zero-order valence-corrected chi connectivity index (χ0v) is 21.3. The van der Waals surface area contributed by atoms with E-state index in [4.69, 9.17) is 39.5 Å². The summed E-state index contributed by atoms with van der Waals surface area (Å²) >= 11 is 19.6. The van der Waals surface area contributed by atoms with Gasteiger partial charge in [0.05, 0.1) is 40.5 Å². The molecular weight excluding hydrogens is 517 g/mol. The van der Waals surface area contributed by atoms with E-state index in [0.717, 1.165) is 11.8 Å². The Bertz CT molecular complexity index is 1220. The predicted octanol–water partition coefficient (Wildman–Crippen LogP) is 6.28. The van der Waals surface area contributed by atoms with E-state index in [9.17, 15) is 14.9 Å². The molecule has 6 nitrogen and oxygen atoms in total. The lowest BCUT2D eigenvalue weighted by Crippen LogP contribution is -2.29. The molecule has 0 fully saturated rings. The van der Waals surface area contributed by atoms with Gasteiger partial charge in [-0.1, -0.05) is 64.8 Å². The number of amides is 1. The molecule has 0 aromatic heterocycles. The fourth-order valence-electron chi connectivity index (χ4n) is 3.49. The van der Waals surface area contributed by atoms with Crippen molar-refractivity contribution in [3.05, 3.63) is 85.0 Å². The first kappa shape index (κ1) is 26.0. The van der Waals surface area contributed by atoms with Crippen molar-refractivity contribution in [3.63, 3.8) is 0 Å². The second-order valence-electron chi connectivity index (χ2n) is 7.19. The average Bonchev–Trinajstić information content (AvgIpc) is 2.77. The van der Waals surface area contributed by atoms with E-state index in [-0.39, 0.29) is 23.8 Å². The number of nitriles is 1.